The van der Waals surface area contributed by atoms with Crippen molar-refractivity contribution < 1.29 is 14.6 Å². The standard InChI is InChI=1S/C23H30O3/c1-7-16-18(15-13-11-10-12-14-15)19(22(25)26-9-3)17(8-2)21(24)20(16)23(4,5)6/h10-14,24H,7-9H2,1-6H3. The molecule has 0 aromatic heterocycles. The minimum absolute atomic E-state index is 0.236. The predicted molar refractivity (Wildman–Crippen MR) is 107 cm³/mol. The molecule has 3 heteroatoms. The minimum Gasteiger partial charge on any atom is -0.507 e. The highest BCUT2D eigenvalue weighted by Crippen LogP contribution is 2.45. The number of aromatic hydroxyl groups is 1. The van der Waals surface area contributed by atoms with E-state index < -0.39 is 0 Å². The van der Waals surface area contributed by atoms with E-state index in [4.69, 9.17) is 4.74 Å². The number of carbonyl (C=O) groups excluding carboxylic acids is 1. The van der Waals surface area contributed by atoms with E-state index in [9.17, 15) is 9.90 Å². The van der Waals surface area contributed by atoms with E-state index >= 15 is 0 Å². The highest BCUT2D eigenvalue weighted by molar-refractivity contribution is 6.01. The van der Waals surface area contributed by atoms with Gasteiger partial charge in [0, 0.05) is 16.7 Å². The fraction of sp³-hybridized carbons (Fsp3) is 0.435. The van der Waals surface area contributed by atoms with Crippen LogP contribution in [-0.2, 0) is 23.0 Å². The number of rotatable bonds is 5. The first-order valence-corrected chi connectivity index (χ1v) is 9.41. The summed E-state index contributed by atoms with van der Waals surface area (Å²) in [5, 5.41) is 11.1. The van der Waals surface area contributed by atoms with Crippen molar-refractivity contribution in [2.45, 2.75) is 59.8 Å². The van der Waals surface area contributed by atoms with Crippen LogP contribution in [0.25, 0.3) is 11.1 Å². The predicted octanol–water partition coefficient (Wildman–Crippen LogP) is 5.66. The number of hydrogen-bond donors (Lipinski definition) is 1. The van der Waals surface area contributed by atoms with Crippen LogP contribution in [0, 0.1) is 0 Å². The quantitative estimate of drug-likeness (QED) is 0.705. The lowest BCUT2D eigenvalue weighted by molar-refractivity contribution is 0.0525. The van der Waals surface area contributed by atoms with Gasteiger partial charge in [-0.15, -0.1) is 0 Å². The summed E-state index contributed by atoms with van der Waals surface area (Å²) in [5.74, 6) is -0.131. The molecule has 3 nitrogen and oxygen atoms in total. The molecule has 0 saturated heterocycles. The molecule has 2 rings (SSSR count). The Bertz CT molecular complexity index is 784. The van der Waals surface area contributed by atoms with E-state index in [2.05, 4.69) is 27.7 Å². The van der Waals surface area contributed by atoms with Crippen molar-refractivity contribution in [2.24, 2.45) is 0 Å². The van der Waals surface area contributed by atoms with Gasteiger partial charge in [0.05, 0.1) is 12.2 Å². The maximum atomic E-state index is 12.9. The zero-order chi connectivity index (χ0) is 19.5. The van der Waals surface area contributed by atoms with Gasteiger partial charge in [0.2, 0.25) is 0 Å². The molecular weight excluding hydrogens is 324 g/mol. The molecule has 0 aliphatic rings. The molecule has 0 radical (unpaired) electrons. The number of esters is 1. The zero-order valence-corrected chi connectivity index (χ0v) is 16.8. The summed E-state index contributed by atoms with van der Waals surface area (Å²) in [6, 6.07) is 9.93. The van der Waals surface area contributed by atoms with Gasteiger partial charge in [-0.1, -0.05) is 65.0 Å². The van der Waals surface area contributed by atoms with Gasteiger partial charge in [0.1, 0.15) is 5.75 Å². The molecule has 0 atom stereocenters. The highest BCUT2D eigenvalue weighted by atomic mass is 16.5. The highest BCUT2D eigenvalue weighted by Gasteiger charge is 2.32. The molecule has 2 aromatic rings. The Morgan fingerprint density at radius 2 is 1.58 bits per heavy atom. The third-order valence-electron chi connectivity index (χ3n) is 4.68. The number of ether oxygens (including phenoxy) is 1. The van der Waals surface area contributed by atoms with E-state index in [1.807, 2.05) is 37.3 Å². The molecule has 0 unspecified atom stereocenters. The van der Waals surface area contributed by atoms with Crippen molar-refractivity contribution >= 4 is 5.97 Å². The molecule has 0 fully saturated rings. The van der Waals surface area contributed by atoms with Crippen molar-refractivity contribution in [3.05, 3.63) is 52.6 Å². The van der Waals surface area contributed by atoms with Crippen LogP contribution >= 0.6 is 0 Å². The van der Waals surface area contributed by atoms with E-state index in [0.29, 0.717) is 24.2 Å². The Hall–Kier alpha value is -2.29. The minimum atomic E-state index is -0.367. The van der Waals surface area contributed by atoms with Gasteiger partial charge in [-0.2, -0.15) is 0 Å². The molecular formula is C23H30O3. The number of phenolic OH excluding ortho intramolecular Hbond substituents is 1. The van der Waals surface area contributed by atoms with Gasteiger partial charge in [-0.05, 0) is 36.3 Å². The second-order valence-corrected chi connectivity index (χ2v) is 7.47. The van der Waals surface area contributed by atoms with Crippen LogP contribution in [0.3, 0.4) is 0 Å². The maximum absolute atomic E-state index is 12.9. The molecule has 0 aliphatic carbocycles. The first-order valence-electron chi connectivity index (χ1n) is 9.41. The van der Waals surface area contributed by atoms with Gasteiger partial charge >= 0.3 is 5.97 Å². The number of carbonyl (C=O) groups is 1. The average Bonchev–Trinajstić information content (AvgIpc) is 2.60. The largest absolute Gasteiger partial charge is 0.507 e. The van der Waals surface area contributed by atoms with Gasteiger partial charge in [-0.25, -0.2) is 4.79 Å². The topological polar surface area (TPSA) is 46.5 Å². The molecule has 140 valence electrons. The lowest BCUT2D eigenvalue weighted by Crippen LogP contribution is -2.20. The van der Waals surface area contributed by atoms with Crippen LogP contribution in [0.5, 0.6) is 5.75 Å². The molecule has 1 N–H and O–H groups in total. The van der Waals surface area contributed by atoms with Crippen LogP contribution in [0.15, 0.2) is 30.3 Å². The Morgan fingerprint density at radius 1 is 1.00 bits per heavy atom. The average molecular weight is 354 g/mol. The molecule has 0 amide bonds. The van der Waals surface area contributed by atoms with E-state index in [-0.39, 0.29) is 17.1 Å². The Morgan fingerprint density at radius 3 is 2.04 bits per heavy atom. The van der Waals surface area contributed by atoms with Crippen LogP contribution in [0.4, 0.5) is 0 Å². The zero-order valence-electron chi connectivity index (χ0n) is 16.8. The molecule has 0 aliphatic heterocycles. The fourth-order valence-corrected chi connectivity index (χ4v) is 3.70. The third kappa shape index (κ3) is 3.62. The summed E-state index contributed by atoms with van der Waals surface area (Å²) in [4.78, 5) is 12.9. The van der Waals surface area contributed by atoms with Crippen LogP contribution in [-0.4, -0.2) is 17.7 Å². The summed E-state index contributed by atoms with van der Waals surface area (Å²) in [7, 11) is 0. The summed E-state index contributed by atoms with van der Waals surface area (Å²) in [6.07, 6.45) is 1.29. The lowest BCUT2D eigenvalue weighted by Gasteiger charge is -2.29. The van der Waals surface area contributed by atoms with Crippen molar-refractivity contribution in [3.63, 3.8) is 0 Å². The summed E-state index contributed by atoms with van der Waals surface area (Å²) in [6.45, 7) is 12.4. The van der Waals surface area contributed by atoms with Crippen molar-refractivity contribution in [3.8, 4) is 16.9 Å². The lowest BCUT2D eigenvalue weighted by atomic mass is 9.75. The second-order valence-electron chi connectivity index (χ2n) is 7.47. The first-order chi connectivity index (χ1) is 12.3. The monoisotopic (exact) mass is 354 g/mol. The van der Waals surface area contributed by atoms with Gasteiger partial charge < -0.3 is 9.84 Å². The van der Waals surface area contributed by atoms with Gasteiger partial charge in [-0.3, -0.25) is 0 Å². The van der Waals surface area contributed by atoms with E-state index in [0.717, 1.165) is 28.7 Å². The first kappa shape index (κ1) is 20.0. The van der Waals surface area contributed by atoms with Crippen LogP contribution < -0.4 is 0 Å². The maximum Gasteiger partial charge on any atom is 0.339 e. The Labute approximate surface area is 157 Å². The Balaban J connectivity index is 3.03. The molecule has 0 bridgehead atoms. The second kappa shape index (κ2) is 7.94. The van der Waals surface area contributed by atoms with Crippen LogP contribution in [0.1, 0.15) is 68.6 Å². The van der Waals surface area contributed by atoms with E-state index in [1.54, 1.807) is 6.92 Å². The van der Waals surface area contributed by atoms with Crippen LogP contribution in [0.2, 0.25) is 0 Å². The van der Waals surface area contributed by atoms with Crippen molar-refractivity contribution in [1.82, 2.24) is 0 Å². The van der Waals surface area contributed by atoms with Crippen molar-refractivity contribution in [2.75, 3.05) is 6.61 Å². The molecule has 0 heterocycles. The third-order valence-corrected chi connectivity index (χ3v) is 4.68. The fourth-order valence-electron chi connectivity index (χ4n) is 3.70. The van der Waals surface area contributed by atoms with Gasteiger partial charge in [0.25, 0.3) is 0 Å². The molecule has 0 spiro atoms. The molecule has 0 saturated carbocycles. The van der Waals surface area contributed by atoms with Crippen molar-refractivity contribution in [1.29, 1.82) is 0 Å². The Kier molecular flexibility index (Phi) is 6.12. The van der Waals surface area contributed by atoms with Gasteiger partial charge in [0.15, 0.2) is 0 Å². The number of benzene rings is 2. The molecule has 26 heavy (non-hydrogen) atoms. The number of hydrogen-bond acceptors (Lipinski definition) is 3. The molecule has 2 aromatic carbocycles. The smallest absolute Gasteiger partial charge is 0.339 e. The summed E-state index contributed by atoms with van der Waals surface area (Å²) < 4.78 is 5.36. The summed E-state index contributed by atoms with van der Waals surface area (Å²) in [5.41, 5.74) is 4.74. The summed E-state index contributed by atoms with van der Waals surface area (Å²) >= 11 is 0. The number of phenols is 1. The SMILES string of the molecule is CCOC(=O)c1c(CC)c(O)c(C(C)(C)C)c(CC)c1-c1ccccc1. The van der Waals surface area contributed by atoms with E-state index in [1.165, 1.54) is 0 Å². The normalized spacial score (nSPS) is 11.5.